The fourth-order valence-corrected chi connectivity index (χ4v) is 4.51. The summed E-state index contributed by atoms with van der Waals surface area (Å²) < 4.78 is 0.983. The van der Waals surface area contributed by atoms with Gasteiger partial charge in [-0.1, -0.05) is 71.5 Å². The van der Waals surface area contributed by atoms with Gasteiger partial charge >= 0.3 is 0 Å². The number of para-hydroxylation sites is 1. The molecule has 0 bridgehead atoms. The van der Waals surface area contributed by atoms with E-state index in [1.807, 2.05) is 79.7 Å². The van der Waals surface area contributed by atoms with Crippen LogP contribution in [-0.4, -0.2) is 15.9 Å². The lowest BCUT2D eigenvalue weighted by atomic mass is 10.0. The SMILES string of the molecule is Cc1c(Cl)ccc2sc(NC(=O)c3cc(-c4ccccc4)nc4ccccc34)nc12. The lowest BCUT2D eigenvalue weighted by Gasteiger charge is -2.09. The number of hydrogen-bond acceptors (Lipinski definition) is 4. The van der Waals surface area contributed by atoms with Crippen LogP contribution in [0.3, 0.4) is 0 Å². The van der Waals surface area contributed by atoms with Gasteiger partial charge in [0.25, 0.3) is 5.91 Å². The molecule has 1 amide bonds. The summed E-state index contributed by atoms with van der Waals surface area (Å²) in [6.07, 6.45) is 0. The van der Waals surface area contributed by atoms with E-state index in [0.29, 0.717) is 15.7 Å². The molecule has 0 aliphatic rings. The van der Waals surface area contributed by atoms with Crippen LogP contribution >= 0.6 is 22.9 Å². The molecule has 0 fully saturated rings. The molecule has 0 saturated heterocycles. The van der Waals surface area contributed by atoms with E-state index in [1.165, 1.54) is 11.3 Å². The summed E-state index contributed by atoms with van der Waals surface area (Å²) >= 11 is 7.64. The molecule has 1 N–H and O–H groups in total. The molecule has 0 unspecified atom stereocenters. The van der Waals surface area contributed by atoms with E-state index in [1.54, 1.807) is 0 Å². The third kappa shape index (κ3) is 3.32. The Hall–Kier alpha value is -3.28. The Morgan fingerprint density at radius 1 is 0.967 bits per heavy atom. The zero-order valence-electron chi connectivity index (χ0n) is 16.0. The van der Waals surface area contributed by atoms with Crippen LogP contribution in [0.4, 0.5) is 5.13 Å². The summed E-state index contributed by atoms with van der Waals surface area (Å²) in [4.78, 5) is 22.6. The maximum atomic E-state index is 13.2. The molecule has 0 saturated carbocycles. The van der Waals surface area contributed by atoms with E-state index in [2.05, 4.69) is 10.3 Å². The van der Waals surface area contributed by atoms with Crippen molar-refractivity contribution in [3.63, 3.8) is 0 Å². The Bertz CT molecular complexity index is 1410. The van der Waals surface area contributed by atoms with E-state index in [-0.39, 0.29) is 5.91 Å². The van der Waals surface area contributed by atoms with E-state index < -0.39 is 0 Å². The molecule has 5 rings (SSSR count). The van der Waals surface area contributed by atoms with Crippen LogP contribution in [0.25, 0.3) is 32.4 Å². The Kier molecular flexibility index (Phi) is 4.69. The fraction of sp³-hybridized carbons (Fsp3) is 0.0417. The number of carbonyl (C=O) groups excluding carboxylic acids is 1. The second kappa shape index (κ2) is 7.52. The maximum absolute atomic E-state index is 13.2. The number of aryl methyl sites for hydroxylation is 1. The van der Waals surface area contributed by atoms with Gasteiger partial charge in [0.15, 0.2) is 5.13 Å². The van der Waals surface area contributed by atoms with Gasteiger partial charge in [-0.05, 0) is 36.8 Å². The summed E-state index contributed by atoms with van der Waals surface area (Å²) in [5.41, 5.74) is 4.78. The summed E-state index contributed by atoms with van der Waals surface area (Å²) in [6.45, 7) is 1.93. The van der Waals surface area contributed by atoms with Crippen LogP contribution in [0.5, 0.6) is 0 Å². The number of hydrogen-bond donors (Lipinski definition) is 1. The minimum absolute atomic E-state index is 0.214. The molecule has 2 heterocycles. The van der Waals surface area contributed by atoms with E-state index in [0.717, 1.165) is 37.9 Å². The summed E-state index contributed by atoms with van der Waals surface area (Å²) in [5.74, 6) is -0.214. The fourth-order valence-electron chi connectivity index (χ4n) is 3.44. The summed E-state index contributed by atoms with van der Waals surface area (Å²) in [5, 5.41) is 4.97. The van der Waals surface area contributed by atoms with Gasteiger partial charge in [0.1, 0.15) is 0 Å². The Balaban J connectivity index is 1.58. The largest absolute Gasteiger partial charge is 0.298 e. The van der Waals surface area contributed by atoms with Crippen molar-refractivity contribution in [2.45, 2.75) is 6.92 Å². The molecule has 0 aliphatic heterocycles. The van der Waals surface area contributed by atoms with Crippen molar-refractivity contribution in [2.24, 2.45) is 0 Å². The van der Waals surface area contributed by atoms with Crippen molar-refractivity contribution in [1.82, 2.24) is 9.97 Å². The first-order valence-corrected chi connectivity index (χ1v) is 10.6. The molecule has 2 aromatic heterocycles. The highest BCUT2D eigenvalue weighted by Crippen LogP contribution is 2.32. The number of fused-ring (bicyclic) bond motifs is 2. The second-order valence-corrected chi connectivity index (χ2v) is 8.37. The van der Waals surface area contributed by atoms with Crippen molar-refractivity contribution in [3.05, 3.63) is 88.9 Å². The van der Waals surface area contributed by atoms with Crippen LogP contribution in [0.1, 0.15) is 15.9 Å². The number of benzene rings is 3. The van der Waals surface area contributed by atoms with Gasteiger partial charge in [-0.2, -0.15) is 0 Å². The van der Waals surface area contributed by atoms with Crippen molar-refractivity contribution in [2.75, 3.05) is 5.32 Å². The quantitative estimate of drug-likeness (QED) is 0.346. The van der Waals surface area contributed by atoms with Crippen LogP contribution in [0.15, 0.2) is 72.8 Å². The second-order valence-electron chi connectivity index (χ2n) is 6.93. The van der Waals surface area contributed by atoms with E-state index in [9.17, 15) is 4.79 Å². The molecule has 5 aromatic rings. The van der Waals surface area contributed by atoms with Gasteiger partial charge in [0, 0.05) is 16.0 Å². The Labute approximate surface area is 182 Å². The van der Waals surface area contributed by atoms with E-state index in [4.69, 9.17) is 16.6 Å². The molecular weight excluding hydrogens is 414 g/mol. The zero-order chi connectivity index (χ0) is 20.7. The normalized spacial score (nSPS) is 11.1. The number of rotatable bonds is 3. The first-order chi connectivity index (χ1) is 14.6. The number of halogens is 1. The highest BCUT2D eigenvalue weighted by atomic mass is 35.5. The number of carbonyl (C=O) groups is 1. The van der Waals surface area contributed by atoms with Gasteiger partial charge in [0.2, 0.25) is 0 Å². The number of anilines is 1. The number of thiazole rings is 1. The third-order valence-corrected chi connectivity index (χ3v) is 6.34. The number of nitrogens with one attached hydrogen (secondary N) is 1. The number of amides is 1. The van der Waals surface area contributed by atoms with Crippen molar-refractivity contribution in [1.29, 1.82) is 0 Å². The molecule has 0 spiro atoms. The summed E-state index contributed by atoms with van der Waals surface area (Å²) in [6, 6.07) is 23.1. The van der Waals surface area contributed by atoms with Crippen LogP contribution in [-0.2, 0) is 0 Å². The van der Waals surface area contributed by atoms with Crippen molar-refractivity contribution < 1.29 is 4.79 Å². The van der Waals surface area contributed by atoms with Crippen molar-refractivity contribution >= 4 is 55.1 Å². The molecule has 6 heteroatoms. The first kappa shape index (κ1) is 18.7. The number of pyridine rings is 1. The van der Waals surface area contributed by atoms with Gasteiger partial charge in [-0.15, -0.1) is 0 Å². The zero-order valence-corrected chi connectivity index (χ0v) is 17.6. The molecule has 0 atom stereocenters. The molecule has 0 aliphatic carbocycles. The summed E-state index contributed by atoms with van der Waals surface area (Å²) in [7, 11) is 0. The lowest BCUT2D eigenvalue weighted by Crippen LogP contribution is -2.13. The van der Waals surface area contributed by atoms with Crippen LogP contribution < -0.4 is 5.32 Å². The lowest BCUT2D eigenvalue weighted by molar-refractivity contribution is 0.102. The average Bonchev–Trinajstić information content (AvgIpc) is 3.19. The smallest absolute Gasteiger partial charge is 0.258 e. The molecular formula is C24H16ClN3OS. The van der Waals surface area contributed by atoms with Gasteiger partial charge in [-0.3, -0.25) is 10.1 Å². The third-order valence-electron chi connectivity index (χ3n) is 5.00. The van der Waals surface area contributed by atoms with Gasteiger partial charge < -0.3 is 0 Å². The maximum Gasteiger partial charge on any atom is 0.258 e. The van der Waals surface area contributed by atoms with Crippen LogP contribution in [0, 0.1) is 6.92 Å². The minimum atomic E-state index is -0.214. The molecule has 3 aromatic carbocycles. The predicted octanol–water partition coefficient (Wildman–Crippen LogP) is 6.73. The van der Waals surface area contributed by atoms with Gasteiger partial charge in [-0.25, -0.2) is 9.97 Å². The molecule has 0 radical (unpaired) electrons. The van der Waals surface area contributed by atoms with Crippen LogP contribution in [0.2, 0.25) is 5.02 Å². The molecule has 146 valence electrons. The Morgan fingerprint density at radius 2 is 1.73 bits per heavy atom. The first-order valence-electron chi connectivity index (χ1n) is 9.42. The number of aromatic nitrogens is 2. The standard InChI is InChI=1S/C24H16ClN3OS/c1-14-18(25)11-12-21-22(14)27-24(30-21)28-23(29)17-13-20(15-7-3-2-4-8-15)26-19-10-6-5-9-16(17)19/h2-13H,1H3,(H,27,28,29). The Morgan fingerprint density at radius 3 is 2.57 bits per heavy atom. The monoisotopic (exact) mass is 429 g/mol. The highest BCUT2D eigenvalue weighted by molar-refractivity contribution is 7.22. The van der Waals surface area contributed by atoms with Crippen molar-refractivity contribution in [3.8, 4) is 11.3 Å². The minimum Gasteiger partial charge on any atom is -0.298 e. The van der Waals surface area contributed by atoms with Gasteiger partial charge in [0.05, 0.1) is 27.0 Å². The average molecular weight is 430 g/mol. The molecule has 30 heavy (non-hydrogen) atoms. The van der Waals surface area contributed by atoms with E-state index >= 15 is 0 Å². The number of nitrogens with zero attached hydrogens (tertiary/aromatic N) is 2. The topological polar surface area (TPSA) is 54.9 Å². The molecule has 4 nitrogen and oxygen atoms in total. The predicted molar refractivity (Wildman–Crippen MR) is 124 cm³/mol. The highest BCUT2D eigenvalue weighted by Gasteiger charge is 2.16.